The molecule has 0 spiro atoms. The normalized spacial score (nSPS) is 14.8. The highest BCUT2D eigenvalue weighted by Crippen LogP contribution is 2.19. The maximum atomic E-state index is 12.7. The average molecular weight is 411 g/mol. The maximum Gasteiger partial charge on any atom is 0.253 e. The van der Waals surface area contributed by atoms with Crippen molar-refractivity contribution in [3.63, 3.8) is 0 Å². The van der Waals surface area contributed by atoms with Gasteiger partial charge in [0.1, 0.15) is 12.4 Å². The van der Waals surface area contributed by atoms with E-state index in [2.05, 4.69) is 11.8 Å². The number of carbonyl (C=O) groups excluding carboxylic acids is 1. The van der Waals surface area contributed by atoms with Crippen molar-refractivity contribution in [1.82, 2.24) is 9.80 Å². The van der Waals surface area contributed by atoms with E-state index < -0.39 is 0 Å². The molecule has 2 aromatic rings. The number of ether oxygens (including phenoxy) is 2. The lowest BCUT2D eigenvalue weighted by Gasteiger charge is -2.38. The number of hydrogen-bond donors (Lipinski definition) is 0. The quantitative estimate of drug-likeness (QED) is 0.523. The Hall–Kier alpha value is -2.37. The third-order valence-corrected chi connectivity index (χ3v) is 5.56. The van der Waals surface area contributed by atoms with Crippen molar-refractivity contribution in [2.75, 3.05) is 46.0 Å². The van der Waals surface area contributed by atoms with E-state index in [1.807, 2.05) is 65.6 Å². The standard InChI is InChI=1S/C25H34N2O3/c1-2-15-26(18-19-29-20-21-30-24-11-7-4-8-12-24)23-13-16-27(17-14-23)25(28)22-9-5-3-6-10-22/h3-12,23H,2,13-21H2,1H3. The summed E-state index contributed by atoms with van der Waals surface area (Å²) in [6.45, 7) is 7.74. The monoisotopic (exact) mass is 410 g/mol. The number of rotatable bonds is 11. The fraction of sp³-hybridized carbons (Fsp3) is 0.480. The molecule has 1 heterocycles. The molecular weight excluding hydrogens is 376 g/mol. The minimum atomic E-state index is 0.151. The van der Waals surface area contributed by atoms with Crippen molar-refractivity contribution >= 4 is 5.91 Å². The van der Waals surface area contributed by atoms with Gasteiger partial charge in [0, 0.05) is 31.2 Å². The van der Waals surface area contributed by atoms with Crippen LogP contribution >= 0.6 is 0 Å². The van der Waals surface area contributed by atoms with Crippen LogP contribution in [0.4, 0.5) is 0 Å². The van der Waals surface area contributed by atoms with Crippen LogP contribution in [-0.4, -0.2) is 67.7 Å². The van der Waals surface area contributed by atoms with E-state index in [0.717, 1.165) is 56.8 Å². The number of piperidine rings is 1. The fourth-order valence-electron chi connectivity index (χ4n) is 3.98. The van der Waals surface area contributed by atoms with Crippen molar-refractivity contribution in [3.8, 4) is 5.75 Å². The van der Waals surface area contributed by atoms with Crippen molar-refractivity contribution in [1.29, 1.82) is 0 Å². The molecule has 0 bridgehead atoms. The lowest BCUT2D eigenvalue weighted by atomic mass is 10.0. The van der Waals surface area contributed by atoms with Crippen LogP contribution in [0.25, 0.3) is 0 Å². The summed E-state index contributed by atoms with van der Waals surface area (Å²) in [7, 11) is 0. The van der Waals surface area contributed by atoms with Gasteiger partial charge in [-0.3, -0.25) is 9.69 Å². The summed E-state index contributed by atoms with van der Waals surface area (Å²) < 4.78 is 11.5. The van der Waals surface area contributed by atoms with Gasteiger partial charge >= 0.3 is 0 Å². The summed E-state index contributed by atoms with van der Waals surface area (Å²) in [6, 6.07) is 19.9. The number of para-hydroxylation sites is 1. The average Bonchev–Trinajstić information content (AvgIpc) is 2.81. The number of benzene rings is 2. The first-order valence-electron chi connectivity index (χ1n) is 11.1. The van der Waals surface area contributed by atoms with E-state index in [1.54, 1.807) is 0 Å². The summed E-state index contributed by atoms with van der Waals surface area (Å²) in [4.78, 5) is 17.2. The number of carbonyl (C=O) groups is 1. The summed E-state index contributed by atoms with van der Waals surface area (Å²) >= 11 is 0. The smallest absolute Gasteiger partial charge is 0.253 e. The molecule has 0 saturated carbocycles. The Kier molecular flexibility index (Phi) is 9.19. The predicted octanol–water partition coefficient (Wildman–Crippen LogP) is 4.10. The number of amides is 1. The lowest BCUT2D eigenvalue weighted by Crippen LogP contribution is -2.47. The minimum Gasteiger partial charge on any atom is -0.491 e. The van der Waals surface area contributed by atoms with Gasteiger partial charge in [-0.05, 0) is 50.1 Å². The molecule has 0 aliphatic carbocycles. The van der Waals surface area contributed by atoms with Gasteiger partial charge in [-0.25, -0.2) is 0 Å². The van der Waals surface area contributed by atoms with E-state index in [4.69, 9.17) is 9.47 Å². The molecule has 5 nitrogen and oxygen atoms in total. The molecule has 30 heavy (non-hydrogen) atoms. The van der Waals surface area contributed by atoms with Crippen LogP contribution in [0.5, 0.6) is 5.75 Å². The van der Waals surface area contributed by atoms with Gasteiger partial charge in [-0.1, -0.05) is 43.3 Å². The highest BCUT2D eigenvalue weighted by Gasteiger charge is 2.26. The van der Waals surface area contributed by atoms with Crippen LogP contribution in [0.2, 0.25) is 0 Å². The number of hydrogen-bond acceptors (Lipinski definition) is 4. The summed E-state index contributed by atoms with van der Waals surface area (Å²) in [5, 5.41) is 0. The molecule has 0 radical (unpaired) electrons. The van der Waals surface area contributed by atoms with Crippen LogP contribution in [0.3, 0.4) is 0 Å². The van der Waals surface area contributed by atoms with Crippen molar-refractivity contribution in [3.05, 3.63) is 66.2 Å². The van der Waals surface area contributed by atoms with Crippen molar-refractivity contribution < 1.29 is 14.3 Å². The van der Waals surface area contributed by atoms with Gasteiger partial charge in [-0.15, -0.1) is 0 Å². The van der Waals surface area contributed by atoms with Gasteiger partial charge in [-0.2, -0.15) is 0 Å². The second kappa shape index (κ2) is 12.4. The van der Waals surface area contributed by atoms with Crippen LogP contribution in [0, 0.1) is 0 Å². The molecule has 0 atom stereocenters. The molecule has 1 fully saturated rings. The zero-order chi connectivity index (χ0) is 21.0. The Morgan fingerprint density at radius 3 is 2.27 bits per heavy atom. The summed E-state index contributed by atoms with van der Waals surface area (Å²) in [5.74, 6) is 1.03. The molecule has 1 amide bonds. The van der Waals surface area contributed by atoms with Gasteiger partial charge < -0.3 is 14.4 Å². The van der Waals surface area contributed by atoms with Crippen molar-refractivity contribution in [2.45, 2.75) is 32.2 Å². The van der Waals surface area contributed by atoms with Crippen LogP contribution in [0.1, 0.15) is 36.5 Å². The number of nitrogens with zero attached hydrogens (tertiary/aromatic N) is 2. The highest BCUT2D eigenvalue weighted by atomic mass is 16.5. The van der Waals surface area contributed by atoms with Crippen molar-refractivity contribution in [2.24, 2.45) is 0 Å². The predicted molar refractivity (Wildman–Crippen MR) is 120 cm³/mol. The summed E-state index contributed by atoms with van der Waals surface area (Å²) in [5.41, 5.74) is 0.785. The third kappa shape index (κ3) is 6.85. The van der Waals surface area contributed by atoms with Gasteiger partial charge in [0.2, 0.25) is 0 Å². The topological polar surface area (TPSA) is 42.0 Å². The second-order valence-corrected chi connectivity index (χ2v) is 7.70. The molecule has 0 aromatic heterocycles. The van der Waals surface area contributed by atoms with Crippen LogP contribution < -0.4 is 4.74 Å². The Bertz CT molecular complexity index is 731. The molecular formula is C25H34N2O3. The molecule has 162 valence electrons. The zero-order valence-corrected chi connectivity index (χ0v) is 18.0. The minimum absolute atomic E-state index is 0.151. The lowest BCUT2D eigenvalue weighted by molar-refractivity contribution is 0.0454. The molecule has 5 heteroatoms. The first kappa shape index (κ1) is 22.3. The Morgan fingerprint density at radius 2 is 1.60 bits per heavy atom. The van der Waals surface area contributed by atoms with Crippen LogP contribution in [-0.2, 0) is 4.74 Å². The molecule has 1 saturated heterocycles. The molecule has 1 aliphatic heterocycles. The first-order valence-corrected chi connectivity index (χ1v) is 11.1. The SMILES string of the molecule is CCCN(CCOCCOc1ccccc1)C1CCN(C(=O)c2ccccc2)CC1. The fourth-order valence-corrected chi connectivity index (χ4v) is 3.98. The zero-order valence-electron chi connectivity index (χ0n) is 18.0. The maximum absolute atomic E-state index is 12.7. The largest absolute Gasteiger partial charge is 0.491 e. The van der Waals surface area contributed by atoms with E-state index in [1.165, 1.54) is 0 Å². The van der Waals surface area contributed by atoms with E-state index in [9.17, 15) is 4.79 Å². The first-order chi connectivity index (χ1) is 14.8. The van der Waals surface area contributed by atoms with Gasteiger partial charge in [0.15, 0.2) is 0 Å². The Morgan fingerprint density at radius 1 is 0.933 bits per heavy atom. The Labute approximate surface area is 180 Å². The molecule has 2 aromatic carbocycles. The van der Waals surface area contributed by atoms with Gasteiger partial charge in [0.05, 0.1) is 13.2 Å². The van der Waals surface area contributed by atoms with Crippen LogP contribution in [0.15, 0.2) is 60.7 Å². The number of likely N-dealkylation sites (tertiary alicyclic amines) is 1. The van der Waals surface area contributed by atoms with E-state index in [0.29, 0.717) is 25.9 Å². The summed E-state index contributed by atoms with van der Waals surface area (Å²) in [6.07, 6.45) is 3.17. The Balaban J connectivity index is 1.36. The third-order valence-electron chi connectivity index (χ3n) is 5.56. The molecule has 1 aliphatic rings. The molecule has 0 N–H and O–H groups in total. The van der Waals surface area contributed by atoms with E-state index in [-0.39, 0.29) is 5.91 Å². The molecule has 3 rings (SSSR count). The molecule has 0 unspecified atom stereocenters. The van der Waals surface area contributed by atoms with Gasteiger partial charge in [0.25, 0.3) is 5.91 Å². The van der Waals surface area contributed by atoms with E-state index >= 15 is 0 Å². The highest BCUT2D eigenvalue weighted by molar-refractivity contribution is 5.94. The second-order valence-electron chi connectivity index (χ2n) is 7.70.